The first kappa shape index (κ1) is 17.3. The average molecular weight is 377 g/mol. The molecule has 0 aliphatic rings. The lowest BCUT2D eigenvalue weighted by Crippen LogP contribution is -2.08. The zero-order valence-electron chi connectivity index (χ0n) is 13.2. The van der Waals surface area contributed by atoms with Gasteiger partial charge in [0.2, 0.25) is 11.2 Å². The van der Waals surface area contributed by atoms with Crippen molar-refractivity contribution < 1.29 is 18.7 Å². The first-order valence-corrected chi connectivity index (χ1v) is 8.45. The molecular formula is C18H13ClO5S. The van der Waals surface area contributed by atoms with Gasteiger partial charge >= 0.3 is 5.97 Å². The Morgan fingerprint density at radius 2 is 1.96 bits per heavy atom. The minimum Gasteiger partial charge on any atom is -0.490 e. The molecule has 3 rings (SSSR count). The second kappa shape index (κ2) is 7.55. The second-order valence-corrected chi connectivity index (χ2v) is 6.55. The Bertz CT molecular complexity index is 943. The molecular weight excluding hydrogens is 364 g/mol. The van der Waals surface area contributed by atoms with Crippen molar-refractivity contribution in [2.24, 2.45) is 0 Å². The first-order valence-electron chi connectivity index (χ1n) is 7.25. The van der Waals surface area contributed by atoms with Crippen LogP contribution in [0.4, 0.5) is 0 Å². The van der Waals surface area contributed by atoms with Crippen LogP contribution in [0.25, 0.3) is 10.4 Å². The predicted octanol–water partition coefficient (Wildman–Crippen LogP) is 4.39. The molecule has 0 radical (unpaired) electrons. The van der Waals surface area contributed by atoms with Gasteiger partial charge in [0, 0.05) is 16.0 Å². The molecule has 0 N–H and O–H groups in total. The van der Waals surface area contributed by atoms with E-state index in [-0.39, 0.29) is 23.5 Å². The summed E-state index contributed by atoms with van der Waals surface area (Å²) in [6, 6.07) is 12.1. The molecule has 0 saturated heterocycles. The Morgan fingerprint density at radius 1 is 1.20 bits per heavy atom. The van der Waals surface area contributed by atoms with E-state index in [0.29, 0.717) is 9.90 Å². The lowest BCUT2D eigenvalue weighted by Gasteiger charge is -2.03. The molecule has 5 nitrogen and oxygen atoms in total. The largest absolute Gasteiger partial charge is 0.490 e. The summed E-state index contributed by atoms with van der Waals surface area (Å²) in [5.74, 6) is -0.141. The van der Waals surface area contributed by atoms with E-state index in [1.54, 1.807) is 18.2 Å². The molecule has 2 aromatic heterocycles. The van der Waals surface area contributed by atoms with Gasteiger partial charge in [-0.2, -0.15) is 0 Å². The summed E-state index contributed by atoms with van der Waals surface area (Å²) in [6.45, 7) is -0.133. The van der Waals surface area contributed by atoms with Gasteiger partial charge in [-0.05, 0) is 29.8 Å². The lowest BCUT2D eigenvalue weighted by molar-refractivity contribution is 0.0448. The molecule has 0 amide bonds. The SMILES string of the molecule is COc1coc(COC(=O)c2ccc(-c3ccc(Cl)cc3)s2)cc1=O. The normalized spacial score (nSPS) is 10.5. The lowest BCUT2D eigenvalue weighted by atomic mass is 10.2. The molecule has 0 atom stereocenters. The molecule has 7 heteroatoms. The van der Waals surface area contributed by atoms with Crippen molar-refractivity contribution in [3.63, 3.8) is 0 Å². The smallest absolute Gasteiger partial charge is 0.348 e. The minimum absolute atomic E-state index is 0.0981. The number of methoxy groups -OCH3 is 1. The Hall–Kier alpha value is -2.57. The van der Waals surface area contributed by atoms with Crippen LogP contribution in [0.3, 0.4) is 0 Å². The van der Waals surface area contributed by atoms with Crippen LogP contribution in [0.15, 0.2) is 57.9 Å². The van der Waals surface area contributed by atoms with Crippen molar-refractivity contribution >= 4 is 28.9 Å². The van der Waals surface area contributed by atoms with Crippen LogP contribution in [0, 0.1) is 0 Å². The summed E-state index contributed by atoms with van der Waals surface area (Å²) < 4.78 is 15.2. The fourth-order valence-corrected chi connectivity index (χ4v) is 3.12. The summed E-state index contributed by atoms with van der Waals surface area (Å²) in [6.07, 6.45) is 1.19. The molecule has 128 valence electrons. The highest BCUT2D eigenvalue weighted by atomic mass is 35.5. The Morgan fingerprint density at radius 3 is 2.64 bits per heavy atom. The highest BCUT2D eigenvalue weighted by molar-refractivity contribution is 7.17. The van der Waals surface area contributed by atoms with E-state index in [4.69, 9.17) is 25.5 Å². The van der Waals surface area contributed by atoms with Crippen molar-refractivity contribution in [1.82, 2.24) is 0 Å². The third-order valence-corrected chi connectivity index (χ3v) is 4.72. The van der Waals surface area contributed by atoms with Gasteiger partial charge in [-0.25, -0.2) is 4.79 Å². The quantitative estimate of drug-likeness (QED) is 0.618. The number of esters is 1. The van der Waals surface area contributed by atoms with Gasteiger partial charge in [0.15, 0.2) is 0 Å². The minimum atomic E-state index is -0.483. The number of halogens is 1. The summed E-state index contributed by atoms with van der Waals surface area (Å²) in [7, 11) is 1.38. The van der Waals surface area contributed by atoms with Crippen molar-refractivity contribution in [1.29, 1.82) is 0 Å². The van der Waals surface area contributed by atoms with Gasteiger partial charge in [-0.1, -0.05) is 23.7 Å². The van der Waals surface area contributed by atoms with Crippen molar-refractivity contribution in [2.45, 2.75) is 6.61 Å². The summed E-state index contributed by atoms with van der Waals surface area (Å²) in [4.78, 5) is 25.2. The van der Waals surface area contributed by atoms with Crippen LogP contribution < -0.4 is 10.2 Å². The highest BCUT2D eigenvalue weighted by Gasteiger charge is 2.13. The van der Waals surface area contributed by atoms with Crippen LogP contribution in [0.5, 0.6) is 5.75 Å². The van der Waals surface area contributed by atoms with Crippen LogP contribution in [0.1, 0.15) is 15.4 Å². The molecule has 1 aromatic carbocycles. The fraction of sp³-hybridized carbons (Fsp3) is 0.111. The third-order valence-electron chi connectivity index (χ3n) is 3.35. The van der Waals surface area contributed by atoms with E-state index in [1.807, 2.05) is 18.2 Å². The van der Waals surface area contributed by atoms with E-state index < -0.39 is 5.97 Å². The molecule has 2 heterocycles. The predicted molar refractivity (Wildman–Crippen MR) is 95.4 cm³/mol. The number of carbonyl (C=O) groups is 1. The van der Waals surface area contributed by atoms with Gasteiger partial charge in [-0.3, -0.25) is 4.79 Å². The van der Waals surface area contributed by atoms with Crippen LogP contribution >= 0.6 is 22.9 Å². The topological polar surface area (TPSA) is 65.7 Å². The van der Waals surface area contributed by atoms with Gasteiger partial charge < -0.3 is 13.9 Å². The number of hydrogen-bond donors (Lipinski definition) is 0. The third kappa shape index (κ3) is 4.10. The maximum absolute atomic E-state index is 12.1. The molecule has 0 unspecified atom stereocenters. The number of ether oxygens (including phenoxy) is 2. The maximum Gasteiger partial charge on any atom is 0.348 e. The van der Waals surface area contributed by atoms with Gasteiger partial charge in [0.1, 0.15) is 23.5 Å². The highest BCUT2D eigenvalue weighted by Crippen LogP contribution is 2.29. The molecule has 0 saturated carbocycles. The number of hydrogen-bond acceptors (Lipinski definition) is 6. The number of thiophene rings is 1. The standard InChI is InChI=1S/C18H13ClO5S/c1-22-15-10-23-13(8-14(15)20)9-24-18(21)17-7-6-16(25-17)11-2-4-12(19)5-3-11/h2-8,10H,9H2,1H3. The summed E-state index contributed by atoms with van der Waals surface area (Å²) in [5, 5.41) is 0.654. The molecule has 0 fully saturated rings. The van der Waals surface area contributed by atoms with Gasteiger partial charge in [0.05, 0.1) is 7.11 Å². The van der Waals surface area contributed by atoms with E-state index in [1.165, 1.54) is 30.8 Å². The Balaban J connectivity index is 1.67. The molecule has 25 heavy (non-hydrogen) atoms. The van der Waals surface area contributed by atoms with E-state index >= 15 is 0 Å². The van der Waals surface area contributed by atoms with E-state index in [9.17, 15) is 9.59 Å². The van der Waals surface area contributed by atoms with Gasteiger partial charge in [-0.15, -0.1) is 11.3 Å². The maximum atomic E-state index is 12.1. The molecule has 0 aliphatic carbocycles. The van der Waals surface area contributed by atoms with Gasteiger partial charge in [0.25, 0.3) is 0 Å². The van der Waals surface area contributed by atoms with Crippen molar-refractivity contribution in [3.8, 4) is 16.2 Å². The zero-order valence-corrected chi connectivity index (χ0v) is 14.7. The van der Waals surface area contributed by atoms with E-state index in [0.717, 1.165) is 10.4 Å². The van der Waals surface area contributed by atoms with Crippen LogP contribution in [-0.4, -0.2) is 13.1 Å². The van der Waals surface area contributed by atoms with E-state index in [2.05, 4.69) is 0 Å². The summed E-state index contributed by atoms with van der Waals surface area (Å²) in [5.41, 5.74) is 0.635. The van der Waals surface area contributed by atoms with Crippen LogP contribution in [0.2, 0.25) is 5.02 Å². The second-order valence-electron chi connectivity index (χ2n) is 5.03. The summed E-state index contributed by atoms with van der Waals surface area (Å²) >= 11 is 7.19. The number of carbonyl (C=O) groups excluding carboxylic acids is 1. The zero-order chi connectivity index (χ0) is 17.8. The van der Waals surface area contributed by atoms with Crippen molar-refractivity contribution in [2.75, 3.05) is 7.11 Å². The van der Waals surface area contributed by atoms with Crippen LogP contribution in [-0.2, 0) is 11.3 Å². The number of rotatable bonds is 5. The molecule has 0 bridgehead atoms. The fourth-order valence-electron chi connectivity index (χ4n) is 2.09. The Kier molecular flexibility index (Phi) is 5.21. The molecule has 3 aromatic rings. The molecule has 0 spiro atoms. The first-order chi connectivity index (χ1) is 12.1. The average Bonchev–Trinajstić information content (AvgIpc) is 3.10. The van der Waals surface area contributed by atoms with Crippen molar-refractivity contribution in [3.05, 3.63) is 74.6 Å². The monoisotopic (exact) mass is 376 g/mol. The number of benzene rings is 1. The Labute approximate surface area is 152 Å². The molecule has 0 aliphatic heterocycles.